The molecule has 0 aromatic heterocycles. The Kier molecular flexibility index (Phi) is 8.17. The molecule has 9 heteroatoms. The van der Waals surface area contributed by atoms with Crippen LogP contribution in [0.4, 0.5) is 5.69 Å². The van der Waals surface area contributed by atoms with E-state index in [1.165, 1.54) is 6.07 Å². The summed E-state index contributed by atoms with van der Waals surface area (Å²) < 4.78 is 9.84. The molecule has 0 saturated heterocycles. The first-order chi connectivity index (χ1) is 11.7. The Balaban J connectivity index is 3.27. The minimum atomic E-state index is -1.23. The third-order valence-corrected chi connectivity index (χ3v) is 3.90. The highest BCUT2D eigenvalue weighted by molar-refractivity contribution is 6.47. The van der Waals surface area contributed by atoms with Gasteiger partial charge in [0.1, 0.15) is 5.56 Å². The van der Waals surface area contributed by atoms with Crippen molar-refractivity contribution in [3.05, 3.63) is 26.7 Å². The second-order valence-corrected chi connectivity index (χ2v) is 6.13. The zero-order valence-electron chi connectivity index (χ0n) is 13.7. The minimum Gasteiger partial charge on any atom is -0.465 e. The summed E-state index contributed by atoms with van der Waals surface area (Å²) in [6, 6.07) is 3.06. The molecule has 0 radical (unpaired) electrons. The topological polar surface area (TPSA) is 88.8 Å². The largest absolute Gasteiger partial charge is 0.465 e. The second kappa shape index (κ2) is 9.62. The zero-order valence-corrected chi connectivity index (χ0v) is 15.9. The van der Waals surface area contributed by atoms with Crippen LogP contribution in [0.2, 0.25) is 15.1 Å². The van der Waals surface area contributed by atoms with Crippen LogP contribution in [0.1, 0.15) is 31.1 Å². The number of rotatable bonds is 6. The van der Waals surface area contributed by atoms with Crippen molar-refractivity contribution in [2.45, 2.75) is 26.9 Å². The van der Waals surface area contributed by atoms with Gasteiger partial charge in [-0.05, 0) is 26.8 Å². The van der Waals surface area contributed by atoms with Crippen LogP contribution in [-0.2, 0) is 14.3 Å². The minimum absolute atomic E-state index is 0.0264. The highest BCUT2D eigenvalue weighted by Crippen LogP contribution is 2.39. The van der Waals surface area contributed by atoms with Crippen LogP contribution in [0.3, 0.4) is 0 Å². The van der Waals surface area contributed by atoms with Crippen molar-refractivity contribution in [3.8, 4) is 6.07 Å². The highest BCUT2D eigenvalue weighted by Gasteiger charge is 2.23. The van der Waals surface area contributed by atoms with Gasteiger partial charge in [-0.25, -0.2) is 4.79 Å². The van der Waals surface area contributed by atoms with Gasteiger partial charge in [-0.15, -0.1) is 0 Å². The predicted molar refractivity (Wildman–Crippen MR) is 95.9 cm³/mol. The van der Waals surface area contributed by atoms with E-state index in [9.17, 15) is 9.59 Å². The van der Waals surface area contributed by atoms with Crippen molar-refractivity contribution >= 4 is 58.6 Å². The predicted octanol–water partition coefficient (Wildman–Crippen LogP) is 4.62. The van der Waals surface area contributed by atoms with E-state index in [-0.39, 0.29) is 32.9 Å². The fourth-order valence-electron chi connectivity index (χ4n) is 1.67. The number of aliphatic imine (C=N–C) groups is 1. The Morgan fingerprint density at radius 3 is 2.48 bits per heavy atom. The van der Waals surface area contributed by atoms with Crippen LogP contribution in [0, 0.1) is 17.2 Å². The molecule has 0 spiro atoms. The molecule has 25 heavy (non-hydrogen) atoms. The van der Waals surface area contributed by atoms with Crippen LogP contribution in [0.25, 0.3) is 0 Å². The molecule has 0 aliphatic rings. The average Bonchev–Trinajstić information content (AvgIpc) is 2.52. The number of hydrogen-bond acceptors (Lipinski definition) is 6. The van der Waals surface area contributed by atoms with E-state index in [1.807, 2.05) is 0 Å². The Bertz CT molecular complexity index is 742. The summed E-state index contributed by atoms with van der Waals surface area (Å²) in [6.07, 6.45) is 0.665. The Hall–Kier alpha value is -1.81. The molecule has 0 N–H and O–H groups in total. The lowest BCUT2D eigenvalue weighted by atomic mass is 10.1. The number of esters is 2. The molecule has 0 fully saturated rings. The molecule has 1 aromatic rings. The van der Waals surface area contributed by atoms with Gasteiger partial charge in [0.15, 0.2) is 5.92 Å². The number of ether oxygens (including phenoxy) is 2. The number of carbonyl (C=O) groups is 2. The quantitative estimate of drug-likeness (QED) is 0.391. The van der Waals surface area contributed by atoms with Gasteiger partial charge in [-0.1, -0.05) is 34.8 Å². The first kappa shape index (κ1) is 21.2. The molecule has 0 bridgehead atoms. The Morgan fingerprint density at radius 1 is 1.32 bits per heavy atom. The fraction of sp³-hybridized carbons (Fsp3) is 0.375. The number of nitriles is 1. The van der Waals surface area contributed by atoms with Crippen molar-refractivity contribution < 1.29 is 19.1 Å². The molecule has 1 unspecified atom stereocenters. The molecule has 0 amide bonds. The SMILES string of the molecule is CCOC(=O)C(C#N)C=Nc1cc(Cl)c(Cl)c(C(=O)OC(C)C)c1Cl. The normalized spacial score (nSPS) is 12.1. The van der Waals surface area contributed by atoms with Crippen molar-refractivity contribution in [2.75, 3.05) is 6.61 Å². The molecule has 1 atom stereocenters. The van der Waals surface area contributed by atoms with E-state index in [0.29, 0.717) is 0 Å². The van der Waals surface area contributed by atoms with Gasteiger partial charge >= 0.3 is 11.9 Å². The highest BCUT2D eigenvalue weighted by atomic mass is 35.5. The van der Waals surface area contributed by atoms with Gasteiger partial charge < -0.3 is 9.47 Å². The van der Waals surface area contributed by atoms with Crippen molar-refractivity contribution in [2.24, 2.45) is 10.9 Å². The van der Waals surface area contributed by atoms with Gasteiger partial charge in [-0.2, -0.15) is 5.26 Å². The van der Waals surface area contributed by atoms with E-state index in [1.54, 1.807) is 26.8 Å². The molecule has 0 heterocycles. The maximum absolute atomic E-state index is 12.2. The zero-order chi connectivity index (χ0) is 19.1. The number of nitrogens with zero attached hydrogens (tertiary/aromatic N) is 2. The standard InChI is InChI=1S/C16H15Cl3N2O4/c1-4-24-15(22)9(6-20)7-21-11-5-10(17)13(18)12(14(11)19)16(23)25-8(2)3/h5,7-9H,4H2,1-3H3. The lowest BCUT2D eigenvalue weighted by molar-refractivity contribution is -0.143. The molecule has 6 nitrogen and oxygen atoms in total. The summed E-state index contributed by atoms with van der Waals surface area (Å²) in [6.45, 7) is 5.08. The summed E-state index contributed by atoms with van der Waals surface area (Å²) >= 11 is 18.2. The van der Waals surface area contributed by atoms with Gasteiger partial charge in [0.2, 0.25) is 0 Å². The van der Waals surface area contributed by atoms with Gasteiger partial charge in [-0.3, -0.25) is 9.79 Å². The molecular formula is C16H15Cl3N2O4. The van der Waals surface area contributed by atoms with Gasteiger partial charge in [0, 0.05) is 6.21 Å². The fourth-order valence-corrected chi connectivity index (χ4v) is 2.42. The summed E-state index contributed by atoms with van der Waals surface area (Å²) in [5, 5.41) is 8.87. The van der Waals surface area contributed by atoms with Crippen LogP contribution < -0.4 is 0 Å². The Morgan fingerprint density at radius 2 is 1.96 bits per heavy atom. The summed E-state index contributed by atoms with van der Waals surface area (Å²) in [5.41, 5.74) is -0.0716. The molecule has 134 valence electrons. The van der Waals surface area contributed by atoms with E-state index in [0.717, 1.165) is 6.21 Å². The van der Waals surface area contributed by atoms with E-state index in [4.69, 9.17) is 49.5 Å². The first-order valence-corrected chi connectivity index (χ1v) is 8.35. The summed E-state index contributed by atoms with van der Waals surface area (Å²) in [5.74, 6) is -2.73. The van der Waals surface area contributed by atoms with Crippen molar-refractivity contribution in [1.82, 2.24) is 0 Å². The smallest absolute Gasteiger partial charge is 0.341 e. The monoisotopic (exact) mass is 404 g/mol. The second-order valence-electron chi connectivity index (χ2n) is 4.97. The van der Waals surface area contributed by atoms with E-state index < -0.39 is 24.0 Å². The van der Waals surface area contributed by atoms with E-state index >= 15 is 0 Å². The first-order valence-electron chi connectivity index (χ1n) is 7.21. The lowest BCUT2D eigenvalue weighted by Crippen LogP contribution is -2.17. The molecule has 0 saturated carbocycles. The Labute approximate surface area is 160 Å². The van der Waals surface area contributed by atoms with Gasteiger partial charge in [0.25, 0.3) is 0 Å². The molecule has 1 rings (SSSR count). The molecule has 0 aliphatic carbocycles. The summed E-state index contributed by atoms with van der Waals surface area (Å²) in [4.78, 5) is 27.7. The van der Waals surface area contributed by atoms with Crippen LogP contribution in [-0.4, -0.2) is 30.9 Å². The van der Waals surface area contributed by atoms with Gasteiger partial charge in [0.05, 0.1) is 39.5 Å². The number of carbonyl (C=O) groups excluding carboxylic acids is 2. The maximum atomic E-state index is 12.2. The molecular weight excluding hydrogens is 391 g/mol. The van der Waals surface area contributed by atoms with E-state index in [2.05, 4.69) is 4.99 Å². The van der Waals surface area contributed by atoms with Crippen LogP contribution >= 0.6 is 34.8 Å². The number of hydrogen-bond donors (Lipinski definition) is 0. The van der Waals surface area contributed by atoms with Crippen LogP contribution in [0.5, 0.6) is 0 Å². The third-order valence-electron chi connectivity index (χ3n) is 2.73. The average molecular weight is 406 g/mol. The van der Waals surface area contributed by atoms with Crippen molar-refractivity contribution in [1.29, 1.82) is 5.26 Å². The lowest BCUT2D eigenvalue weighted by Gasteiger charge is -2.13. The summed E-state index contributed by atoms with van der Waals surface area (Å²) in [7, 11) is 0. The third kappa shape index (κ3) is 5.60. The maximum Gasteiger partial charge on any atom is 0.341 e. The molecule has 1 aromatic carbocycles. The van der Waals surface area contributed by atoms with Crippen molar-refractivity contribution in [3.63, 3.8) is 0 Å². The molecule has 0 aliphatic heterocycles. The number of benzene rings is 1. The number of halogens is 3. The van der Waals surface area contributed by atoms with Crippen LogP contribution in [0.15, 0.2) is 11.1 Å².